The van der Waals surface area contributed by atoms with E-state index in [0.29, 0.717) is 11.2 Å². The van der Waals surface area contributed by atoms with E-state index in [2.05, 4.69) is 29.4 Å². The van der Waals surface area contributed by atoms with Crippen molar-refractivity contribution < 1.29 is 0 Å². The number of nitrogens with zero attached hydrogens (tertiary/aromatic N) is 2. The van der Waals surface area contributed by atoms with Crippen molar-refractivity contribution in [1.82, 2.24) is 10.2 Å². The summed E-state index contributed by atoms with van der Waals surface area (Å²) in [6.45, 7) is 4.66. The Hall–Kier alpha value is -1.35. The van der Waals surface area contributed by atoms with E-state index >= 15 is 0 Å². The van der Waals surface area contributed by atoms with Crippen molar-refractivity contribution >= 4 is 28.2 Å². The van der Waals surface area contributed by atoms with Gasteiger partial charge in [0.2, 0.25) is 0 Å². The van der Waals surface area contributed by atoms with Crippen molar-refractivity contribution in [2.75, 3.05) is 5.32 Å². The summed E-state index contributed by atoms with van der Waals surface area (Å²) in [5.74, 6) is 2.39. The Morgan fingerprint density at radius 3 is 2.35 bits per heavy atom. The van der Waals surface area contributed by atoms with E-state index in [4.69, 9.17) is 11.6 Å². The fourth-order valence-corrected chi connectivity index (χ4v) is 3.64. The number of nitrogens with one attached hydrogen (secondary N) is 1. The number of halogens is 1. The minimum atomic E-state index is 0.469. The minimum absolute atomic E-state index is 0.469. The maximum Gasteiger partial charge on any atom is 0.159 e. The second kappa shape index (κ2) is 5.57. The zero-order chi connectivity index (χ0) is 14.1. The molecule has 0 amide bonds. The molecule has 2 atom stereocenters. The summed E-state index contributed by atoms with van der Waals surface area (Å²) >= 11 is 6.12. The van der Waals surface area contributed by atoms with Crippen molar-refractivity contribution in [2.45, 2.75) is 39.2 Å². The molecule has 0 saturated heterocycles. The fourth-order valence-electron chi connectivity index (χ4n) is 3.44. The van der Waals surface area contributed by atoms with Crippen LogP contribution in [-0.4, -0.2) is 16.2 Å². The highest BCUT2D eigenvalue weighted by Gasteiger charge is 2.24. The predicted molar refractivity (Wildman–Crippen MR) is 84.1 cm³/mol. The molecular weight excluding hydrogens is 270 g/mol. The minimum Gasteiger partial charge on any atom is -0.365 e. The van der Waals surface area contributed by atoms with Gasteiger partial charge in [-0.25, -0.2) is 0 Å². The monoisotopic (exact) mass is 289 g/mol. The summed E-state index contributed by atoms with van der Waals surface area (Å²) in [5.41, 5.74) is 0. The second-order valence-corrected chi connectivity index (χ2v) is 6.50. The standard InChI is InChI=1S/C16H20ClN3/c1-10-7-11(2)9-12(8-10)18-16-14-6-4-3-5-13(14)15(17)19-20-16/h3-6,10-12H,7-9H2,1-2H3,(H,18,20). The zero-order valence-electron chi connectivity index (χ0n) is 11.9. The van der Waals surface area contributed by atoms with Crippen LogP contribution in [-0.2, 0) is 0 Å². The first-order chi connectivity index (χ1) is 9.63. The molecule has 2 aromatic rings. The molecule has 1 saturated carbocycles. The highest BCUT2D eigenvalue weighted by atomic mass is 35.5. The van der Waals surface area contributed by atoms with E-state index in [0.717, 1.165) is 28.4 Å². The van der Waals surface area contributed by atoms with Crippen molar-refractivity contribution in [3.05, 3.63) is 29.4 Å². The number of hydrogen-bond donors (Lipinski definition) is 1. The molecule has 2 unspecified atom stereocenters. The number of rotatable bonds is 2. The Kier molecular flexibility index (Phi) is 3.79. The van der Waals surface area contributed by atoms with Gasteiger partial charge in [-0.1, -0.05) is 49.7 Å². The van der Waals surface area contributed by atoms with Gasteiger partial charge >= 0.3 is 0 Å². The van der Waals surface area contributed by atoms with Gasteiger partial charge in [0.15, 0.2) is 11.0 Å². The van der Waals surface area contributed by atoms with Gasteiger partial charge in [0.25, 0.3) is 0 Å². The van der Waals surface area contributed by atoms with Crippen molar-refractivity contribution in [1.29, 1.82) is 0 Å². The maximum absolute atomic E-state index is 6.12. The lowest BCUT2D eigenvalue weighted by molar-refractivity contribution is 0.280. The van der Waals surface area contributed by atoms with Gasteiger partial charge in [-0.15, -0.1) is 10.2 Å². The Morgan fingerprint density at radius 1 is 1.00 bits per heavy atom. The van der Waals surface area contributed by atoms with E-state index < -0.39 is 0 Å². The molecular formula is C16H20ClN3. The first-order valence-electron chi connectivity index (χ1n) is 7.31. The molecule has 3 nitrogen and oxygen atoms in total. The Balaban J connectivity index is 1.89. The average Bonchev–Trinajstić information content (AvgIpc) is 2.41. The number of hydrogen-bond acceptors (Lipinski definition) is 3. The molecule has 1 aliphatic carbocycles. The summed E-state index contributed by atoms with van der Waals surface area (Å²) in [4.78, 5) is 0. The molecule has 1 N–H and O–H groups in total. The molecule has 1 aromatic carbocycles. The third-order valence-corrected chi connectivity index (χ3v) is 4.44. The highest BCUT2D eigenvalue weighted by Crippen LogP contribution is 2.32. The van der Waals surface area contributed by atoms with Gasteiger partial charge in [-0.2, -0.15) is 0 Å². The number of benzene rings is 1. The molecule has 0 aliphatic heterocycles. The van der Waals surface area contributed by atoms with Crippen molar-refractivity contribution in [3.8, 4) is 0 Å². The molecule has 3 rings (SSSR count). The van der Waals surface area contributed by atoms with Crippen LogP contribution >= 0.6 is 11.6 Å². The molecule has 0 spiro atoms. The van der Waals surface area contributed by atoms with Gasteiger partial charge in [-0.05, 0) is 31.1 Å². The zero-order valence-corrected chi connectivity index (χ0v) is 12.7. The lowest BCUT2D eigenvalue weighted by atomic mass is 9.80. The lowest BCUT2D eigenvalue weighted by Crippen LogP contribution is -2.30. The fraction of sp³-hybridized carbons (Fsp3) is 0.500. The predicted octanol–water partition coefficient (Wildman–Crippen LogP) is 4.52. The van der Waals surface area contributed by atoms with E-state index in [1.54, 1.807) is 0 Å². The Morgan fingerprint density at radius 2 is 1.65 bits per heavy atom. The molecule has 1 aliphatic rings. The molecule has 1 heterocycles. The molecule has 0 radical (unpaired) electrons. The van der Waals surface area contributed by atoms with Crippen LogP contribution in [0, 0.1) is 11.8 Å². The van der Waals surface area contributed by atoms with E-state index in [9.17, 15) is 0 Å². The second-order valence-electron chi connectivity index (χ2n) is 6.14. The van der Waals surface area contributed by atoms with Crippen LogP contribution in [0.4, 0.5) is 5.82 Å². The van der Waals surface area contributed by atoms with Gasteiger partial charge in [0.05, 0.1) is 0 Å². The Bertz CT molecular complexity index is 604. The maximum atomic E-state index is 6.12. The SMILES string of the molecule is CC1CC(C)CC(Nc2nnc(Cl)c3ccccc23)C1. The van der Waals surface area contributed by atoms with Crippen LogP contribution in [0.5, 0.6) is 0 Å². The smallest absolute Gasteiger partial charge is 0.159 e. The average molecular weight is 290 g/mol. The number of aromatic nitrogens is 2. The van der Waals surface area contributed by atoms with Crippen LogP contribution < -0.4 is 5.32 Å². The summed E-state index contributed by atoms with van der Waals surface area (Å²) < 4.78 is 0. The van der Waals surface area contributed by atoms with Crippen LogP contribution in [0.1, 0.15) is 33.1 Å². The van der Waals surface area contributed by atoms with Gasteiger partial charge in [0.1, 0.15) is 0 Å². The normalized spacial score (nSPS) is 26.6. The molecule has 106 valence electrons. The van der Waals surface area contributed by atoms with Crippen LogP contribution in [0.25, 0.3) is 10.8 Å². The van der Waals surface area contributed by atoms with Crippen molar-refractivity contribution in [2.24, 2.45) is 11.8 Å². The third kappa shape index (κ3) is 2.73. The summed E-state index contributed by atoms with van der Waals surface area (Å²) in [5, 5.41) is 14.4. The van der Waals surface area contributed by atoms with Gasteiger partial charge in [0, 0.05) is 16.8 Å². The quantitative estimate of drug-likeness (QED) is 0.883. The number of fused-ring (bicyclic) bond motifs is 1. The summed E-state index contributed by atoms with van der Waals surface area (Å²) in [6.07, 6.45) is 3.72. The summed E-state index contributed by atoms with van der Waals surface area (Å²) in [7, 11) is 0. The molecule has 1 fully saturated rings. The Labute approximate surface area is 124 Å². The van der Waals surface area contributed by atoms with Gasteiger partial charge < -0.3 is 5.32 Å². The van der Waals surface area contributed by atoms with Crippen LogP contribution in [0.2, 0.25) is 5.15 Å². The highest BCUT2D eigenvalue weighted by molar-refractivity contribution is 6.34. The molecule has 0 bridgehead atoms. The third-order valence-electron chi connectivity index (χ3n) is 4.16. The topological polar surface area (TPSA) is 37.8 Å². The molecule has 4 heteroatoms. The van der Waals surface area contributed by atoms with Crippen molar-refractivity contribution in [3.63, 3.8) is 0 Å². The number of anilines is 1. The van der Waals surface area contributed by atoms with E-state index in [1.165, 1.54) is 19.3 Å². The first kappa shape index (κ1) is 13.6. The van der Waals surface area contributed by atoms with Gasteiger partial charge in [-0.3, -0.25) is 0 Å². The van der Waals surface area contributed by atoms with E-state index in [-0.39, 0.29) is 0 Å². The summed E-state index contributed by atoms with van der Waals surface area (Å²) in [6, 6.07) is 8.51. The molecule has 20 heavy (non-hydrogen) atoms. The van der Waals surface area contributed by atoms with Crippen LogP contribution in [0.15, 0.2) is 24.3 Å². The largest absolute Gasteiger partial charge is 0.365 e. The lowest BCUT2D eigenvalue weighted by Gasteiger charge is -2.32. The van der Waals surface area contributed by atoms with Crippen LogP contribution in [0.3, 0.4) is 0 Å². The van der Waals surface area contributed by atoms with E-state index in [1.807, 2.05) is 24.3 Å². The molecule has 1 aromatic heterocycles. The first-order valence-corrected chi connectivity index (χ1v) is 7.68.